The number of fused-ring (bicyclic) bond motifs is 1. The van der Waals surface area contributed by atoms with Crippen LogP contribution >= 0.6 is 11.6 Å². The maximum atomic E-state index is 12.1. The minimum Gasteiger partial charge on any atom is -0.299 e. The molecule has 0 aliphatic carbocycles. The van der Waals surface area contributed by atoms with Gasteiger partial charge in [0.05, 0.1) is 6.21 Å². The second-order valence-corrected chi connectivity index (χ2v) is 5.68. The van der Waals surface area contributed by atoms with Crippen LogP contribution in [0, 0.1) is 0 Å². The highest BCUT2D eigenvalue weighted by atomic mass is 35.5. The lowest BCUT2D eigenvalue weighted by atomic mass is 10.2. The molecule has 128 valence electrons. The van der Waals surface area contributed by atoms with Gasteiger partial charge in [-0.05, 0) is 17.7 Å². The van der Waals surface area contributed by atoms with E-state index in [2.05, 4.69) is 27.1 Å². The minimum absolute atomic E-state index is 0.264. The van der Waals surface area contributed by atoms with Gasteiger partial charge < -0.3 is 0 Å². The first-order valence-electron chi connectivity index (χ1n) is 7.36. The molecule has 0 radical (unpaired) electrons. The number of imidazole rings is 1. The quantitative estimate of drug-likeness (QED) is 0.412. The lowest BCUT2D eigenvalue weighted by Gasteiger charge is -2.04. The number of nitrogens with zero attached hydrogens (tertiary/aromatic N) is 4. The Morgan fingerprint density at radius 1 is 1.36 bits per heavy atom. The average Bonchev–Trinajstić information content (AvgIpc) is 2.94. The van der Waals surface area contributed by atoms with Gasteiger partial charge in [0, 0.05) is 18.6 Å². The van der Waals surface area contributed by atoms with Crippen LogP contribution in [0.25, 0.3) is 11.2 Å². The number of nitrogens with one attached hydrogen (secondary N) is 2. The molecule has 2 heterocycles. The topological polar surface area (TPSA) is 97.1 Å². The molecule has 2 aromatic heterocycles. The van der Waals surface area contributed by atoms with Gasteiger partial charge in [0.1, 0.15) is 0 Å². The van der Waals surface area contributed by atoms with E-state index in [1.165, 1.54) is 11.6 Å². The Morgan fingerprint density at radius 2 is 2.08 bits per heavy atom. The molecule has 3 aromatic rings. The number of benzene rings is 1. The van der Waals surface area contributed by atoms with Gasteiger partial charge >= 0.3 is 5.69 Å². The number of aromatic nitrogens is 4. The Kier molecular flexibility index (Phi) is 4.53. The predicted molar refractivity (Wildman–Crippen MR) is 98.5 cm³/mol. The summed E-state index contributed by atoms with van der Waals surface area (Å²) < 4.78 is 2.87. The molecule has 2 N–H and O–H groups in total. The van der Waals surface area contributed by atoms with Crippen LogP contribution in [0.5, 0.6) is 0 Å². The van der Waals surface area contributed by atoms with Crippen molar-refractivity contribution in [2.75, 3.05) is 5.43 Å². The Morgan fingerprint density at radius 3 is 2.76 bits per heavy atom. The predicted octanol–water partition coefficient (Wildman–Crippen LogP) is 1.71. The molecule has 0 amide bonds. The Balaban J connectivity index is 2.02. The molecule has 0 saturated carbocycles. The molecule has 0 saturated heterocycles. The van der Waals surface area contributed by atoms with E-state index >= 15 is 0 Å². The van der Waals surface area contributed by atoms with Gasteiger partial charge in [-0.3, -0.25) is 18.9 Å². The van der Waals surface area contributed by atoms with Gasteiger partial charge in [0.25, 0.3) is 5.56 Å². The highest BCUT2D eigenvalue weighted by Crippen LogP contribution is 2.15. The van der Waals surface area contributed by atoms with Gasteiger partial charge in [0.2, 0.25) is 5.95 Å². The molecular formula is C16H15ClN6O2. The number of hydrogen-bond acceptors (Lipinski definition) is 5. The standard InChI is InChI=1S/C16H15ClN6O2/c1-3-8-23-12-13(22(2)16(25)20-14(12)24)19-15(23)21-18-9-10-4-6-11(17)7-5-10/h3-7,9H,1,8H2,2H3,(H,19,21)(H,20,24,25)/b18-9-. The second kappa shape index (κ2) is 6.78. The average molecular weight is 359 g/mol. The fourth-order valence-corrected chi connectivity index (χ4v) is 2.47. The number of anilines is 1. The van der Waals surface area contributed by atoms with Gasteiger partial charge in [-0.15, -0.1) is 6.58 Å². The molecule has 0 spiro atoms. The third-order valence-electron chi connectivity index (χ3n) is 3.57. The van der Waals surface area contributed by atoms with Crippen molar-refractivity contribution in [2.45, 2.75) is 6.54 Å². The van der Waals surface area contributed by atoms with E-state index in [9.17, 15) is 9.59 Å². The molecule has 3 rings (SSSR count). The van der Waals surface area contributed by atoms with Crippen molar-refractivity contribution in [3.8, 4) is 0 Å². The van der Waals surface area contributed by atoms with Crippen LogP contribution in [0.1, 0.15) is 5.56 Å². The highest BCUT2D eigenvalue weighted by molar-refractivity contribution is 6.30. The van der Waals surface area contributed by atoms with Crippen molar-refractivity contribution < 1.29 is 0 Å². The number of halogens is 1. The van der Waals surface area contributed by atoms with Crippen LogP contribution < -0.4 is 16.7 Å². The lowest BCUT2D eigenvalue weighted by molar-refractivity contribution is 0.819. The zero-order valence-corrected chi connectivity index (χ0v) is 14.1. The van der Waals surface area contributed by atoms with E-state index < -0.39 is 11.2 Å². The van der Waals surface area contributed by atoms with Crippen LogP contribution in [0.3, 0.4) is 0 Å². The highest BCUT2D eigenvalue weighted by Gasteiger charge is 2.16. The van der Waals surface area contributed by atoms with Gasteiger partial charge in [-0.2, -0.15) is 10.1 Å². The summed E-state index contributed by atoms with van der Waals surface area (Å²) in [6.45, 7) is 4.01. The van der Waals surface area contributed by atoms with Gasteiger partial charge in [0.15, 0.2) is 11.2 Å². The van der Waals surface area contributed by atoms with Crippen LogP contribution in [0.4, 0.5) is 5.95 Å². The van der Waals surface area contributed by atoms with Crippen molar-refractivity contribution in [2.24, 2.45) is 12.1 Å². The number of rotatable bonds is 5. The fourth-order valence-electron chi connectivity index (χ4n) is 2.34. The zero-order valence-electron chi connectivity index (χ0n) is 13.4. The fraction of sp³-hybridized carbons (Fsp3) is 0.125. The monoisotopic (exact) mass is 358 g/mol. The van der Waals surface area contributed by atoms with Crippen LogP contribution in [-0.2, 0) is 13.6 Å². The van der Waals surface area contributed by atoms with Crippen molar-refractivity contribution in [1.29, 1.82) is 0 Å². The number of aromatic amines is 1. The van der Waals surface area contributed by atoms with E-state index in [1.807, 2.05) is 12.1 Å². The maximum absolute atomic E-state index is 12.1. The number of hydrogen-bond donors (Lipinski definition) is 2. The molecule has 0 unspecified atom stereocenters. The normalized spacial score (nSPS) is 11.3. The van der Waals surface area contributed by atoms with E-state index in [0.29, 0.717) is 17.5 Å². The molecule has 0 atom stereocenters. The van der Waals surface area contributed by atoms with Gasteiger partial charge in [-0.1, -0.05) is 29.8 Å². The number of hydrazone groups is 1. The molecule has 0 fully saturated rings. The molecule has 25 heavy (non-hydrogen) atoms. The number of allylic oxidation sites excluding steroid dienone is 1. The number of H-pyrrole nitrogens is 1. The SMILES string of the molecule is C=CCn1c(N/N=C\c2ccc(Cl)cc2)nc2c1c(=O)[nH]c(=O)n2C. The first-order valence-corrected chi connectivity index (χ1v) is 7.74. The molecule has 9 heteroatoms. The van der Waals surface area contributed by atoms with Crippen molar-refractivity contribution in [3.63, 3.8) is 0 Å². The van der Waals surface area contributed by atoms with Gasteiger partial charge in [-0.25, -0.2) is 10.2 Å². The first-order chi connectivity index (χ1) is 12.0. The summed E-state index contributed by atoms with van der Waals surface area (Å²) in [4.78, 5) is 30.4. The van der Waals surface area contributed by atoms with E-state index in [4.69, 9.17) is 11.6 Å². The number of aryl methyl sites for hydroxylation is 1. The Hall–Kier alpha value is -3.13. The summed E-state index contributed by atoms with van der Waals surface area (Å²) in [5.74, 6) is 0.326. The largest absolute Gasteiger partial charge is 0.329 e. The van der Waals surface area contributed by atoms with E-state index in [1.54, 1.807) is 29.0 Å². The van der Waals surface area contributed by atoms with Crippen molar-refractivity contribution in [1.82, 2.24) is 19.1 Å². The summed E-state index contributed by atoms with van der Waals surface area (Å²) in [5.41, 5.74) is 3.13. The lowest BCUT2D eigenvalue weighted by Crippen LogP contribution is -2.29. The van der Waals surface area contributed by atoms with Crippen LogP contribution in [-0.4, -0.2) is 25.3 Å². The molecular weight excluding hydrogens is 344 g/mol. The molecule has 8 nitrogen and oxygen atoms in total. The van der Waals surface area contributed by atoms with E-state index in [-0.39, 0.29) is 11.2 Å². The van der Waals surface area contributed by atoms with E-state index in [0.717, 1.165) is 5.56 Å². The Labute approximate surface area is 147 Å². The molecule has 1 aromatic carbocycles. The van der Waals surface area contributed by atoms with Crippen molar-refractivity contribution in [3.05, 3.63) is 68.3 Å². The third-order valence-corrected chi connectivity index (χ3v) is 3.82. The summed E-state index contributed by atoms with van der Waals surface area (Å²) in [6, 6.07) is 7.14. The van der Waals surface area contributed by atoms with Crippen LogP contribution in [0.2, 0.25) is 5.02 Å². The molecule has 0 aliphatic rings. The minimum atomic E-state index is -0.531. The van der Waals surface area contributed by atoms with Crippen LogP contribution in [0.15, 0.2) is 51.6 Å². The first kappa shape index (κ1) is 16.7. The molecule has 0 bridgehead atoms. The van der Waals surface area contributed by atoms with Crippen molar-refractivity contribution >= 4 is 34.9 Å². The second-order valence-electron chi connectivity index (χ2n) is 5.25. The summed E-state index contributed by atoms with van der Waals surface area (Å²) in [7, 11) is 1.53. The third kappa shape index (κ3) is 3.24. The summed E-state index contributed by atoms with van der Waals surface area (Å²) >= 11 is 5.84. The summed E-state index contributed by atoms with van der Waals surface area (Å²) in [5, 5.41) is 4.76. The maximum Gasteiger partial charge on any atom is 0.329 e. The smallest absolute Gasteiger partial charge is 0.299 e. The zero-order chi connectivity index (χ0) is 18.0. The molecule has 0 aliphatic heterocycles. The Bertz CT molecular complexity index is 1070. The summed E-state index contributed by atoms with van der Waals surface area (Å²) in [6.07, 6.45) is 3.22.